The van der Waals surface area contributed by atoms with Crippen LogP contribution in [-0.4, -0.2) is 91.7 Å². The molecule has 0 aliphatic carbocycles. The maximum atomic E-state index is 12.8. The number of hydrogen-bond donors (Lipinski definition) is 1. The number of amidine groups is 1. The molecule has 5 heterocycles. The third-order valence-electron chi connectivity index (χ3n) is 7.08. The Kier molecular flexibility index (Phi) is 7.35. The van der Waals surface area contributed by atoms with E-state index in [0.717, 1.165) is 22.8 Å². The number of fused-ring (bicyclic) bond motifs is 1. The monoisotopic (exact) mass is 529 g/mol. The second-order valence-electron chi connectivity index (χ2n) is 9.68. The van der Waals surface area contributed by atoms with Crippen molar-refractivity contribution in [3.63, 3.8) is 0 Å². The first-order valence-electron chi connectivity index (χ1n) is 13.2. The maximum absolute atomic E-state index is 12.8. The number of pyridine rings is 1. The Labute approximate surface area is 227 Å². The molecule has 0 saturated carbocycles. The molecule has 2 saturated heterocycles. The molecule has 1 aromatic carbocycles. The molecule has 1 N–H and O–H groups in total. The largest absolute Gasteiger partial charge is 0.378 e. The van der Waals surface area contributed by atoms with Crippen LogP contribution in [0.2, 0.25) is 0 Å². The molecule has 39 heavy (non-hydrogen) atoms. The number of carbonyl (C=O) groups is 2. The predicted octanol–water partition coefficient (Wildman–Crippen LogP) is 1.71. The minimum atomic E-state index is -0.0390. The van der Waals surface area contributed by atoms with Crippen LogP contribution in [0.1, 0.15) is 15.9 Å². The van der Waals surface area contributed by atoms with Gasteiger partial charge in [-0.25, -0.2) is 4.98 Å². The van der Waals surface area contributed by atoms with E-state index in [1.165, 1.54) is 0 Å². The van der Waals surface area contributed by atoms with E-state index in [2.05, 4.69) is 26.3 Å². The van der Waals surface area contributed by atoms with Crippen LogP contribution in [0.4, 0.5) is 11.5 Å². The quantitative estimate of drug-likeness (QED) is 0.568. The number of carbonyl (C=O) groups excluding carboxylic acids is 2. The first-order chi connectivity index (χ1) is 19.1. The summed E-state index contributed by atoms with van der Waals surface area (Å²) >= 11 is 0. The van der Waals surface area contributed by atoms with Gasteiger partial charge in [0.15, 0.2) is 6.20 Å². The fourth-order valence-corrected chi connectivity index (χ4v) is 4.96. The Bertz CT molecular complexity index is 1310. The number of ether oxygens (including phenoxy) is 2. The zero-order valence-electron chi connectivity index (χ0n) is 21.7. The van der Waals surface area contributed by atoms with Gasteiger partial charge in [0.25, 0.3) is 5.91 Å². The maximum Gasteiger partial charge on any atom is 0.308 e. The highest BCUT2D eigenvalue weighted by atomic mass is 16.5. The molecule has 11 heteroatoms. The van der Waals surface area contributed by atoms with Crippen LogP contribution in [0, 0.1) is 0 Å². The van der Waals surface area contributed by atoms with E-state index in [1.54, 1.807) is 29.4 Å². The minimum absolute atomic E-state index is 0.0390. The molecule has 1 radical (unpaired) electrons. The van der Waals surface area contributed by atoms with Crippen LogP contribution in [0.15, 0.2) is 71.9 Å². The van der Waals surface area contributed by atoms with Gasteiger partial charge in [-0.1, -0.05) is 17.0 Å². The van der Waals surface area contributed by atoms with Crippen molar-refractivity contribution >= 4 is 29.2 Å². The molecule has 0 unspecified atom stereocenters. The first-order valence-corrected chi connectivity index (χ1v) is 13.2. The summed E-state index contributed by atoms with van der Waals surface area (Å²) in [5.41, 5.74) is 3.26. The molecule has 4 aliphatic heterocycles. The standard InChI is InChI=1S/C28H31N7O4/c36-26(32-8-12-38-13-9-32)17-21-2-1-3-23(16-21)35-19-24(27-29-6-7-34(27)20-35)31-25-5-4-22(18-30-25)28(37)33-10-14-39-15-11-33/h1-7,16,18-19H,8-15,17,20H2,(H,30,31)/q+1. The molecule has 11 nitrogen and oxygen atoms in total. The second kappa shape index (κ2) is 11.4. The van der Waals surface area contributed by atoms with E-state index >= 15 is 0 Å². The number of hydrogen-bond acceptors (Lipinski definition) is 9. The molecule has 1 aromatic heterocycles. The summed E-state index contributed by atoms with van der Waals surface area (Å²) in [6.07, 6.45) is 7.65. The fraction of sp³-hybridized carbons (Fsp3) is 0.357. The van der Waals surface area contributed by atoms with Crippen LogP contribution >= 0.6 is 0 Å². The van der Waals surface area contributed by atoms with E-state index in [1.807, 2.05) is 40.4 Å². The Morgan fingerprint density at radius 2 is 1.74 bits per heavy atom. The number of aromatic nitrogens is 1. The lowest BCUT2D eigenvalue weighted by atomic mass is 10.1. The Morgan fingerprint density at radius 3 is 2.49 bits per heavy atom. The lowest BCUT2D eigenvalue weighted by molar-refractivity contribution is -0.134. The Morgan fingerprint density at radius 1 is 0.974 bits per heavy atom. The third kappa shape index (κ3) is 5.70. The lowest BCUT2D eigenvalue weighted by Crippen LogP contribution is -2.46. The molecule has 0 bridgehead atoms. The minimum Gasteiger partial charge on any atom is -0.378 e. The van der Waals surface area contributed by atoms with Crippen molar-refractivity contribution in [1.29, 1.82) is 0 Å². The van der Waals surface area contributed by atoms with Gasteiger partial charge in [-0.05, 0) is 29.8 Å². The molecular formula is C28H31N7O4+. The zero-order chi connectivity index (χ0) is 26.6. The number of anilines is 2. The molecular weight excluding hydrogens is 498 g/mol. The number of morpholine rings is 2. The number of nitrogens with zero attached hydrogens (tertiary/aromatic N) is 6. The highest BCUT2D eigenvalue weighted by molar-refractivity contribution is 6.06. The average molecular weight is 530 g/mol. The number of rotatable bonds is 6. The molecule has 2 aromatic rings. The van der Waals surface area contributed by atoms with Crippen molar-refractivity contribution < 1.29 is 19.1 Å². The van der Waals surface area contributed by atoms with Crippen LogP contribution < -0.4 is 15.1 Å². The van der Waals surface area contributed by atoms with Gasteiger partial charge >= 0.3 is 5.84 Å². The lowest BCUT2D eigenvalue weighted by Gasteiger charge is -2.28. The van der Waals surface area contributed by atoms with Crippen molar-refractivity contribution in [3.05, 3.63) is 78.0 Å². The molecule has 2 fully saturated rings. The number of benzene rings is 1. The van der Waals surface area contributed by atoms with E-state index in [-0.39, 0.29) is 11.8 Å². The van der Waals surface area contributed by atoms with Gasteiger partial charge < -0.3 is 24.6 Å². The van der Waals surface area contributed by atoms with Crippen LogP contribution in [0.5, 0.6) is 0 Å². The van der Waals surface area contributed by atoms with Crippen LogP contribution in [0.3, 0.4) is 0 Å². The van der Waals surface area contributed by atoms with E-state index < -0.39 is 0 Å². The third-order valence-corrected chi connectivity index (χ3v) is 7.08. The summed E-state index contributed by atoms with van der Waals surface area (Å²) in [6, 6.07) is 11.6. The van der Waals surface area contributed by atoms with Gasteiger partial charge in [0, 0.05) is 44.3 Å². The average Bonchev–Trinajstić information content (AvgIpc) is 3.48. The predicted molar refractivity (Wildman–Crippen MR) is 146 cm³/mol. The summed E-state index contributed by atoms with van der Waals surface area (Å²) in [7, 11) is 0. The highest BCUT2D eigenvalue weighted by Crippen LogP contribution is 2.25. The van der Waals surface area contributed by atoms with Crippen LogP contribution in [0.25, 0.3) is 0 Å². The van der Waals surface area contributed by atoms with Crippen molar-refractivity contribution in [2.45, 2.75) is 6.42 Å². The summed E-state index contributed by atoms with van der Waals surface area (Å²) in [6.45, 7) is 5.35. The Balaban J connectivity index is 1.17. The number of nitrogens with one attached hydrogen (secondary N) is 1. The summed E-state index contributed by atoms with van der Waals surface area (Å²) in [5, 5.41) is 3.37. The molecule has 6 rings (SSSR count). The number of aliphatic imine (C=N–C) groups is 1. The van der Waals surface area contributed by atoms with Crippen molar-refractivity contribution in [1.82, 2.24) is 19.7 Å². The molecule has 2 amide bonds. The highest BCUT2D eigenvalue weighted by Gasteiger charge is 2.36. The van der Waals surface area contributed by atoms with Gasteiger partial charge in [0.1, 0.15) is 11.5 Å². The van der Waals surface area contributed by atoms with Crippen LogP contribution in [-0.2, 0) is 20.7 Å². The second-order valence-corrected chi connectivity index (χ2v) is 9.68. The summed E-state index contributed by atoms with van der Waals surface area (Å²) in [5.74, 6) is 1.48. The van der Waals surface area contributed by atoms with Gasteiger partial charge in [-0.2, -0.15) is 4.99 Å². The normalized spacial score (nSPS) is 19.4. The van der Waals surface area contributed by atoms with Crippen molar-refractivity contribution in [3.8, 4) is 0 Å². The zero-order valence-corrected chi connectivity index (χ0v) is 21.7. The molecule has 0 atom stereocenters. The van der Waals surface area contributed by atoms with Crippen molar-refractivity contribution in [2.75, 3.05) is 69.5 Å². The fourth-order valence-electron chi connectivity index (χ4n) is 4.96. The van der Waals surface area contributed by atoms with E-state index in [9.17, 15) is 9.59 Å². The topological polar surface area (TPSA) is 106 Å². The SMILES string of the molecule is O=C(Cc1cccc(N2C=C(Nc3ccc(C(=O)N4CCOCC4)cn3)C3=NC=C[N+]3C2)c1)N1CCOCC1. The van der Waals surface area contributed by atoms with Gasteiger partial charge in [-0.15, -0.1) is 0 Å². The van der Waals surface area contributed by atoms with Gasteiger partial charge in [0.05, 0.1) is 44.6 Å². The number of amides is 2. The smallest absolute Gasteiger partial charge is 0.308 e. The summed E-state index contributed by atoms with van der Waals surface area (Å²) < 4.78 is 10.7. The molecule has 0 spiro atoms. The van der Waals surface area contributed by atoms with Gasteiger partial charge in [0.2, 0.25) is 12.6 Å². The molecule has 201 valence electrons. The van der Waals surface area contributed by atoms with E-state index in [0.29, 0.717) is 77.1 Å². The first kappa shape index (κ1) is 25.2. The van der Waals surface area contributed by atoms with E-state index in [4.69, 9.17) is 9.47 Å². The molecule has 4 aliphatic rings. The summed E-state index contributed by atoms with van der Waals surface area (Å²) in [4.78, 5) is 42.4. The van der Waals surface area contributed by atoms with Gasteiger partial charge in [-0.3, -0.25) is 14.5 Å². The van der Waals surface area contributed by atoms with Crippen molar-refractivity contribution in [2.24, 2.45) is 4.99 Å². The Hall–Kier alpha value is -4.06.